The van der Waals surface area contributed by atoms with Gasteiger partial charge in [0.25, 0.3) is 0 Å². The number of halogens is 1. The largest absolute Gasteiger partial charge is 0.507 e. The average molecular weight is 209 g/mol. The lowest BCUT2D eigenvalue weighted by molar-refractivity contribution is 0.476. The minimum absolute atomic E-state index is 0.0456. The molecule has 0 amide bonds. The topological polar surface area (TPSA) is 71.8 Å². The van der Waals surface area contributed by atoms with Crippen LogP contribution in [-0.4, -0.2) is 25.5 Å². The summed E-state index contributed by atoms with van der Waals surface area (Å²) in [7, 11) is 0. The number of aromatic hydroxyl groups is 1. The van der Waals surface area contributed by atoms with Crippen molar-refractivity contribution < 1.29 is 5.11 Å². The van der Waals surface area contributed by atoms with Crippen LogP contribution in [0.25, 0.3) is 11.4 Å². The lowest BCUT2D eigenvalue weighted by Gasteiger charge is -2.00. The monoisotopic (exact) mass is 208 g/mol. The minimum Gasteiger partial charge on any atom is -0.507 e. The van der Waals surface area contributed by atoms with Crippen molar-refractivity contribution in [3.63, 3.8) is 0 Å². The molecule has 14 heavy (non-hydrogen) atoms. The quantitative estimate of drug-likeness (QED) is 0.765. The van der Waals surface area contributed by atoms with Crippen LogP contribution < -0.4 is 0 Å². The lowest BCUT2D eigenvalue weighted by atomic mass is 10.2. The molecule has 1 N–H and O–H groups in total. The Hall–Kier alpha value is -1.75. The Morgan fingerprint density at radius 3 is 2.57 bits per heavy atom. The van der Waals surface area contributed by atoms with Gasteiger partial charge in [-0.3, -0.25) is 0 Å². The van der Waals surface area contributed by atoms with Crippen LogP contribution in [0.4, 0.5) is 0 Å². The van der Waals surface area contributed by atoms with E-state index in [4.69, 9.17) is 11.6 Å². The highest BCUT2D eigenvalue weighted by molar-refractivity contribution is 6.30. The standard InChI is InChI=1S/C8H5ClN4O/c9-5-1-2-7(14)6(3-5)8-12-10-4-11-13-8/h1-4,14H. The molecule has 0 aliphatic rings. The summed E-state index contributed by atoms with van der Waals surface area (Å²) in [4.78, 5) is 0. The van der Waals surface area contributed by atoms with Crippen molar-refractivity contribution in [3.05, 3.63) is 29.5 Å². The fraction of sp³-hybridized carbons (Fsp3) is 0. The normalized spacial score (nSPS) is 10.1. The number of hydrogen-bond acceptors (Lipinski definition) is 5. The third-order valence-electron chi connectivity index (χ3n) is 1.61. The zero-order valence-electron chi connectivity index (χ0n) is 6.92. The van der Waals surface area contributed by atoms with Gasteiger partial charge in [0, 0.05) is 5.02 Å². The predicted octanol–water partition coefficient (Wildman–Crippen LogP) is 1.29. The van der Waals surface area contributed by atoms with E-state index in [9.17, 15) is 5.11 Å². The molecule has 6 heteroatoms. The number of phenols is 1. The molecule has 0 saturated carbocycles. The van der Waals surface area contributed by atoms with Crippen LogP contribution in [0.5, 0.6) is 5.75 Å². The number of hydrogen-bond donors (Lipinski definition) is 1. The van der Waals surface area contributed by atoms with Crippen LogP contribution in [0.3, 0.4) is 0 Å². The highest BCUT2D eigenvalue weighted by atomic mass is 35.5. The molecule has 70 valence electrons. The molecule has 0 unspecified atom stereocenters. The van der Waals surface area contributed by atoms with Crippen molar-refractivity contribution >= 4 is 11.6 Å². The summed E-state index contributed by atoms with van der Waals surface area (Å²) >= 11 is 5.76. The first-order valence-electron chi connectivity index (χ1n) is 3.76. The van der Waals surface area contributed by atoms with Gasteiger partial charge in [0.05, 0.1) is 5.56 Å². The molecule has 0 saturated heterocycles. The molecule has 1 heterocycles. The Morgan fingerprint density at radius 1 is 1.14 bits per heavy atom. The number of benzene rings is 1. The zero-order valence-corrected chi connectivity index (χ0v) is 7.68. The number of phenolic OH excluding ortho intramolecular Hbond substituents is 1. The molecule has 2 rings (SSSR count). The van der Waals surface area contributed by atoms with Gasteiger partial charge in [-0.2, -0.15) is 0 Å². The zero-order chi connectivity index (χ0) is 9.97. The smallest absolute Gasteiger partial charge is 0.207 e. The Balaban J connectivity index is 2.57. The second-order valence-electron chi connectivity index (χ2n) is 2.53. The van der Waals surface area contributed by atoms with E-state index < -0.39 is 0 Å². The first kappa shape index (κ1) is 8.83. The lowest BCUT2D eigenvalue weighted by Crippen LogP contribution is -1.93. The molecule has 0 atom stereocenters. The summed E-state index contributed by atoms with van der Waals surface area (Å²) in [6.45, 7) is 0. The maximum atomic E-state index is 9.49. The molecule has 1 aromatic carbocycles. The van der Waals surface area contributed by atoms with Gasteiger partial charge < -0.3 is 5.11 Å². The highest BCUT2D eigenvalue weighted by Crippen LogP contribution is 2.28. The van der Waals surface area contributed by atoms with Crippen LogP contribution >= 0.6 is 11.6 Å². The van der Waals surface area contributed by atoms with E-state index in [2.05, 4.69) is 20.4 Å². The predicted molar refractivity (Wildman–Crippen MR) is 49.7 cm³/mol. The Morgan fingerprint density at radius 2 is 1.86 bits per heavy atom. The van der Waals surface area contributed by atoms with Crippen LogP contribution in [0.2, 0.25) is 5.02 Å². The van der Waals surface area contributed by atoms with E-state index >= 15 is 0 Å². The van der Waals surface area contributed by atoms with Crippen molar-refractivity contribution in [3.8, 4) is 17.1 Å². The Kier molecular flexibility index (Phi) is 2.24. The molecule has 0 fully saturated rings. The minimum atomic E-state index is 0.0456. The first-order valence-corrected chi connectivity index (χ1v) is 4.14. The summed E-state index contributed by atoms with van der Waals surface area (Å²) < 4.78 is 0. The van der Waals surface area contributed by atoms with Crippen molar-refractivity contribution in [2.75, 3.05) is 0 Å². The molecular formula is C8H5ClN4O. The van der Waals surface area contributed by atoms with Crippen LogP contribution in [0.1, 0.15) is 0 Å². The second-order valence-corrected chi connectivity index (χ2v) is 2.97. The van der Waals surface area contributed by atoms with Gasteiger partial charge in [0.1, 0.15) is 5.75 Å². The van der Waals surface area contributed by atoms with Crippen molar-refractivity contribution in [2.45, 2.75) is 0 Å². The van der Waals surface area contributed by atoms with Crippen molar-refractivity contribution in [1.82, 2.24) is 20.4 Å². The average Bonchev–Trinajstić information content (AvgIpc) is 2.23. The van der Waals surface area contributed by atoms with Gasteiger partial charge in [-0.1, -0.05) is 11.6 Å². The molecule has 5 nitrogen and oxygen atoms in total. The fourth-order valence-electron chi connectivity index (χ4n) is 0.999. The molecule has 0 aliphatic carbocycles. The van der Waals surface area contributed by atoms with Gasteiger partial charge in [0.15, 0.2) is 6.33 Å². The fourth-order valence-corrected chi connectivity index (χ4v) is 1.17. The molecule has 1 aromatic heterocycles. The highest BCUT2D eigenvalue weighted by Gasteiger charge is 2.08. The van der Waals surface area contributed by atoms with Gasteiger partial charge in [-0.05, 0) is 18.2 Å². The molecule has 0 aliphatic heterocycles. The summed E-state index contributed by atoms with van der Waals surface area (Å²) in [5.74, 6) is 0.289. The SMILES string of the molecule is Oc1ccc(Cl)cc1-c1nncnn1. The Bertz CT molecular complexity index is 448. The van der Waals surface area contributed by atoms with Gasteiger partial charge in [-0.25, -0.2) is 0 Å². The van der Waals surface area contributed by atoms with Crippen LogP contribution in [0.15, 0.2) is 24.5 Å². The maximum absolute atomic E-state index is 9.49. The first-order chi connectivity index (χ1) is 6.77. The van der Waals surface area contributed by atoms with E-state index in [1.165, 1.54) is 12.4 Å². The number of nitrogens with zero attached hydrogens (tertiary/aromatic N) is 4. The van der Waals surface area contributed by atoms with Crippen molar-refractivity contribution in [1.29, 1.82) is 0 Å². The van der Waals surface area contributed by atoms with Crippen LogP contribution in [0, 0.1) is 0 Å². The molecule has 0 bridgehead atoms. The van der Waals surface area contributed by atoms with E-state index in [1.54, 1.807) is 12.1 Å². The van der Waals surface area contributed by atoms with Crippen LogP contribution in [-0.2, 0) is 0 Å². The summed E-state index contributed by atoms with van der Waals surface area (Å²) in [5, 5.41) is 24.5. The third-order valence-corrected chi connectivity index (χ3v) is 1.84. The molecular weight excluding hydrogens is 204 g/mol. The second kappa shape index (κ2) is 3.55. The Labute approximate surface area is 84.4 Å². The summed E-state index contributed by atoms with van der Waals surface area (Å²) in [6, 6.07) is 4.59. The van der Waals surface area contributed by atoms with Crippen molar-refractivity contribution in [2.24, 2.45) is 0 Å². The molecule has 0 spiro atoms. The van der Waals surface area contributed by atoms with Gasteiger partial charge in [0.2, 0.25) is 5.82 Å². The molecule has 2 aromatic rings. The number of aromatic nitrogens is 4. The van der Waals surface area contributed by atoms with Gasteiger partial charge in [-0.15, -0.1) is 20.4 Å². The summed E-state index contributed by atoms with van der Waals surface area (Å²) in [5.41, 5.74) is 0.415. The molecule has 0 radical (unpaired) electrons. The number of rotatable bonds is 1. The van der Waals surface area contributed by atoms with E-state index in [1.807, 2.05) is 0 Å². The van der Waals surface area contributed by atoms with E-state index in [0.29, 0.717) is 10.6 Å². The summed E-state index contributed by atoms with van der Waals surface area (Å²) in [6.07, 6.45) is 1.21. The maximum Gasteiger partial charge on any atom is 0.207 e. The third kappa shape index (κ3) is 1.62. The van der Waals surface area contributed by atoms with E-state index in [-0.39, 0.29) is 11.6 Å². The van der Waals surface area contributed by atoms with Gasteiger partial charge >= 0.3 is 0 Å². The van der Waals surface area contributed by atoms with E-state index in [0.717, 1.165) is 0 Å².